The smallest absolute Gasteiger partial charge is 0.297 e. The largest absolute Gasteiger partial charge is 0.490 e. The van der Waals surface area contributed by atoms with E-state index < -0.39 is 5.56 Å². The van der Waals surface area contributed by atoms with Crippen LogP contribution in [-0.2, 0) is 6.54 Å². The van der Waals surface area contributed by atoms with E-state index in [2.05, 4.69) is 10.3 Å². The Morgan fingerprint density at radius 2 is 1.87 bits per heavy atom. The Labute approximate surface area is 182 Å². The van der Waals surface area contributed by atoms with Crippen LogP contribution in [0.1, 0.15) is 38.1 Å². The lowest BCUT2D eigenvalue weighted by Gasteiger charge is -2.15. The maximum absolute atomic E-state index is 12.7. The van der Waals surface area contributed by atoms with Gasteiger partial charge in [-0.2, -0.15) is 0 Å². The third-order valence-electron chi connectivity index (χ3n) is 3.86. The minimum atomic E-state index is -0.443. The molecule has 7 heteroatoms. The number of nitrogens with zero attached hydrogens (tertiary/aromatic N) is 2. The normalized spacial score (nSPS) is 10.5. The lowest BCUT2D eigenvalue weighted by molar-refractivity contribution is 0.0971. The molecule has 1 aromatic heterocycles. The Morgan fingerprint density at radius 1 is 1.20 bits per heavy atom. The predicted octanol–water partition coefficient (Wildman–Crippen LogP) is 5.18. The number of carbonyl (C=O) groups excluding carboxylic acids is 1. The second kappa shape index (κ2) is 13.2. The first kappa shape index (κ1) is 24.9. The Bertz CT molecular complexity index is 973. The molecule has 0 atom stereocenters. The average molecular weight is 430 g/mol. The number of nitrogens with one attached hydrogen (secondary N) is 1. The van der Waals surface area contributed by atoms with Gasteiger partial charge in [0.25, 0.3) is 5.56 Å². The molecule has 160 valence electrons. The quantitative estimate of drug-likeness (QED) is 0.462. The molecule has 1 aromatic carbocycles. The molecule has 2 rings (SSSR count). The van der Waals surface area contributed by atoms with Crippen LogP contribution in [0.3, 0.4) is 0 Å². The van der Waals surface area contributed by atoms with E-state index in [1.807, 2.05) is 33.8 Å². The van der Waals surface area contributed by atoms with Gasteiger partial charge in [-0.25, -0.2) is 4.98 Å². The van der Waals surface area contributed by atoms with E-state index in [9.17, 15) is 9.59 Å². The fraction of sp³-hybridized carbons (Fsp3) is 0.261. The number of ether oxygens (including phenoxy) is 1. The van der Waals surface area contributed by atoms with E-state index in [0.717, 1.165) is 11.3 Å². The van der Waals surface area contributed by atoms with E-state index in [-0.39, 0.29) is 24.0 Å². The zero-order valence-electron chi connectivity index (χ0n) is 18.0. The highest BCUT2D eigenvalue weighted by Crippen LogP contribution is 2.14. The fourth-order valence-electron chi connectivity index (χ4n) is 2.37. The summed E-state index contributed by atoms with van der Waals surface area (Å²) in [6.45, 7) is 7.66. The molecule has 0 fully saturated rings. The predicted molar refractivity (Wildman–Crippen MR) is 123 cm³/mol. The highest BCUT2D eigenvalue weighted by Gasteiger charge is 2.16. The summed E-state index contributed by atoms with van der Waals surface area (Å²) < 4.78 is 6.34. The molecule has 0 aliphatic carbocycles. The Kier molecular flexibility index (Phi) is 10.9. The summed E-state index contributed by atoms with van der Waals surface area (Å²) in [5.41, 5.74) is 3.15. The van der Waals surface area contributed by atoms with Gasteiger partial charge >= 0.3 is 0 Å². The van der Waals surface area contributed by atoms with E-state index >= 15 is 0 Å². The van der Waals surface area contributed by atoms with Gasteiger partial charge < -0.3 is 10.1 Å². The summed E-state index contributed by atoms with van der Waals surface area (Å²) in [4.78, 5) is 29.7. The molecule has 0 aliphatic rings. The molecule has 0 spiro atoms. The second-order valence-electron chi connectivity index (χ2n) is 6.05. The van der Waals surface area contributed by atoms with Gasteiger partial charge in [0, 0.05) is 16.8 Å². The van der Waals surface area contributed by atoms with Gasteiger partial charge in [0.2, 0.25) is 11.7 Å². The third-order valence-corrected chi connectivity index (χ3v) is 4.01. The number of Topliss-reactive ketones (excluding diaryl/α,β-unsaturated/α-hetero) is 1. The van der Waals surface area contributed by atoms with Crippen molar-refractivity contribution < 1.29 is 9.53 Å². The molecule has 0 amide bonds. The molecular weight excluding hydrogens is 402 g/mol. The minimum Gasteiger partial charge on any atom is -0.490 e. The first-order valence-electron chi connectivity index (χ1n) is 9.58. The number of benzene rings is 1. The van der Waals surface area contributed by atoms with Crippen molar-refractivity contribution in [3.8, 4) is 5.75 Å². The molecule has 6 nitrogen and oxygen atoms in total. The lowest BCUT2D eigenvalue weighted by atomic mass is 10.1. The van der Waals surface area contributed by atoms with Gasteiger partial charge in [-0.15, -0.1) is 0 Å². The maximum atomic E-state index is 12.7. The van der Waals surface area contributed by atoms with Crippen LogP contribution in [0.25, 0.3) is 0 Å². The Balaban J connectivity index is 0.00000218. The van der Waals surface area contributed by atoms with Crippen molar-refractivity contribution in [2.45, 2.75) is 34.2 Å². The van der Waals surface area contributed by atoms with Crippen LogP contribution in [0.15, 0.2) is 76.4 Å². The number of aromatic nitrogens is 2. The number of allylic oxidation sites excluding steroid dienone is 4. The van der Waals surface area contributed by atoms with Gasteiger partial charge in [-0.05, 0) is 19.9 Å². The van der Waals surface area contributed by atoms with Crippen LogP contribution in [0.5, 0.6) is 5.75 Å². The number of anilines is 1. The monoisotopic (exact) mass is 429 g/mol. The van der Waals surface area contributed by atoms with Crippen LogP contribution < -0.4 is 15.6 Å². The number of carbonyl (C=O) groups is 1. The summed E-state index contributed by atoms with van der Waals surface area (Å²) in [5.74, 6) is 0.0942. The first-order valence-corrected chi connectivity index (χ1v) is 10.0. The first-order chi connectivity index (χ1) is 14.5. The number of methoxy groups -OCH3 is 1. The highest BCUT2D eigenvalue weighted by molar-refractivity contribution is 6.25. The van der Waals surface area contributed by atoms with Crippen LogP contribution in [-0.4, -0.2) is 22.4 Å². The standard InChI is InChI=1S/C21H22ClN3O3.C2H6/c1-15(2)17(11-7-8-12-22)24-21-23-13-19(28-3)20(27)25(21)14-18(26)16-9-5-4-6-10-16;1-2/h4-13H,14H2,1-3H3,(H,23,24);1-2H3/b11-7-,12-8+;. The fourth-order valence-corrected chi connectivity index (χ4v) is 2.45. The number of hydrogen-bond acceptors (Lipinski definition) is 5. The van der Waals surface area contributed by atoms with Gasteiger partial charge in [0.1, 0.15) is 0 Å². The second-order valence-corrected chi connectivity index (χ2v) is 6.30. The third kappa shape index (κ3) is 7.04. The Morgan fingerprint density at radius 3 is 2.43 bits per heavy atom. The molecule has 0 bridgehead atoms. The van der Waals surface area contributed by atoms with Crippen molar-refractivity contribution >= 4 is 23.3 Å². The topological polar surface area (TPSA) is 73.2 Å². The van der Waals surface area contributed by atoms with Gasteiger partial charge in [0.15, 0.2) is 5.78 Å². The minimum absolute atomic E-state index is 0.0609. The molecular formula is C23H28ClN3O3. The zero-order chi connectivity index (χ0) is 22.5. The van der Waals surface area contributed by atoms with Crippen LogP contribution >= 0.6 is 11.6 Å². The average Bonchev–Trinajstić information content (AvgIpc) is 2.77. The summed E-state index contributed by atoms with van der Waals surface area (Å²) in [7, 11) is 1.39. The van der Waals surface area contributed by atoms with Gasteiger partial charge in [-0.3, -0.25) is 14.2 Å². The molecule has 2 aromatic rings. The molecule has 1 N–H and O–H groups in total. The summed E-state index contributed by atoms with van der Waals surface area (Å²) in [6.07, 6.45) is 6.55. The van der Waals surface area contributed by atoms with Crippen molar-refractivity contribution in [2.24, 2.45) is 0 Å². The van der Waals surface area contributed by atoms with E-state index in [4.69, 9.17) is 16.3 Å². The number of ketones is 1. The molecule has 0 saturated carbocycles. The van der Waals surface area contributed by atoms with Crippen LogP contribution in [0.2, 0.25) is 0 Å². The summed E-state index contributed by atoms with van der Waals surface area (Å²) in [5, 5.41) is 3.11. The van der Waals surface area contributed by atoms with Crippen molar-refractivity contribution in [1.29, 1.82) is 0 Å². The van der Waals surface area contributed by atoms with E-state index in [0.29, 0.717) is 5.56 Å². The van der Waals surface area contributed by atoms with Gasteiger partial charge in [-0.1, -0.05) is 73.5 Å². The number of hydrogen-bond donors (Lipinski definition) is 1. The summed E-state index contributed by atoms with van der Waals surface area (Å²) in [6, 6.07) is 8.78. The van der Waals surface area contributed by atoms with Crippen molar-refractivity contribution in [1.82, 2.24) is 9.55 Å². The summed E-state index contributed by atoms with van der Waals surface area (Å²) >= 11 is 5.54. The zero-order valence-corrected chi connectivity index (χ0v) is 18.7. The Hall–Kier alpha value is -3.12. The SMILES string of the molecule is CC.COc1cnc(NC(/C=C\C=C\Cl)=C(C)C)n(CC(=O)c2ccccc2)c1=O. The van der Waals surface area contributed by atoms with Gasteiger partial charge in [0.05, 0.1) is 19.9 Å². The maximum Gasteiger partial charge on any atom is 0.297 e. The molecule has 0 radical (unpaired) electrons. The number of halogens is 1. The van der Waals surface area contributed by atoms with Crippen molar-refractivity contribution in [3.05, 3.63) is 87.5 Å². The molecule has 30 heavy (non-hydrogen) atoms. The molecule has 0 saturated heterocycles. The molecule has 0 unspecified atom stereocenters. The van der Waals surface area contributed by atoms with Crippen LogP contribution in [0.4, 0.5) is 5.95 Å². The lowest BCUT2D eigenvalue weighted by Crippen LogP contribution is -2.28. The number of rotatable bonds is 8. The molecule has 0 aliphatic heterocycles. The van der Waals surface area contributed by atoms with E-state index in [1.165, 1.54) is 23.4 Å². The molecule has 1 heterocycles. The van der Waals surface area contributed by atoms with E-state index in [1.54, 1.807) is 42.5 Å². The van der Waals surface area contributed by atoms with Crippen molar-refractivity contribution in [3.63, 3.8) is 0 Å². The van der Waals surface area contributed by atoms with Crippen molar-refractivity contribution in [2.75, 3.05) is 12.4 Å². The van der Waals surface area contributed by atoms with Crippen LogP contribution in [0, 0.1) is 0 Å². The highest BCUT2D eigenvalue weighted by atomic mass is 35.5.